The van der Waals surface area contributed by atoms with Crippen LogP contribution in [0.25, 0.3) is 0 Å². The van der Waals surface area contributed by atoms with E-state index in [2.05, 4.69) is 59.7 Å². The van der Waals surface area contributed by atoms with Crippen molar-refractivity contribution in [2.45, 2.75) is 31.7 Å². The number of aromatic nitrogens is 2. The number of hydrogen-bond donors (Lipinski definition) is 0. The van der Waals surface area contributed by atoms with Gasteiger partial charge < -0.3 is 4.90 Å². The molecule has 1 fully saturated rings. The van der Waals surface area contributed by atoms with E-state index in [-0.39, 0.29) is 11.3 Å². The molecule has 0 radical (unpaired) electrons. The van der Waals surface area contributed by atoms with E-state index >= 15 is 0 Å². The van der Waals surface area contributed by atoms with Crippen molar-refractivity contribution in [3.8, 4) is 0 Å². The summed E-state index contributed by atoms with van der Waals surface area (Å²) in [5.41, 5.74) is 4.42. The molecule has 0 spiro atoms. The number of carbonyl (C=O) groups is 1. The molecule has 1 aliphatic heterocycles. The highest BCUT2D eigenvalue weighted by Crippen LogP contribution is 2.41. The Labute approximate surface area is 160 Å². The molecule has 1 aromatic heterocycles. The lowest BCUT2D eigenvalue weighted by molar-refractivity contribution is -0.135. The van der Waals surface area contributed by atoms with Crippen LogP contribution in [-0.4, -0.2) is 27.1 Å². The van der Waals surface area contributed by atoms with E-state index in [0.29, 0.717) is 19.5 Å². The number of likely N-dealkylation sites (tertiary alicyclic amines) is 1. The summed E-state index contributed by atoms with van der Waals surface area (Å²) in [7, 11) is 1.94. The third-order valence-corrected chi connectivity index (χ3v) is 5.68. The van der Waals surface area contributed by atoms with E-state index in [4.69, 9.17) is 0 Å². The zero-order chi connectivity index (χ0) is 18.9. The second kappa shape index (κ2) is 7.03. The zero-order valence-corrected chi connectivity index (χ0v) is 15.9. The Morgan fingerprint density at radius 1 is 1.00 bits per heavy atom. The summed E-state index contributed by atoms with van der Waals surface area (Å²) in [6, 6.07) is 23.3. The Morgan fingerprint density at radius 2 is 1.59 bits per heavy atom. The molecule has 0 saturated carbocycles. The molecule has 2 aromatic carbocycles. The van der Waals surface area contributed by atoms with E-state index in [9.17, 15) is 4.79 Å². The number of rotatable bonds is 4. The summed E-state index contributed by atoms with van der Waals surface area (Å²) in [5, 5.41) is 4.43. The van der Waals surface area contributed by atoms with Gasteiger partial charge in [-0.1, -0.05) is 60.7 Å². The number of piperidine rings is 1. The number of nitrogens with zero attached hydrogens (tertiary/aromatic N) is 3. The van der Waals surface area contributed by atoms with Gasteiger partial charge in [0.1, 0.15) is 0 Å². The van der Waals surface area contributed by atoms with Gasteiger partial charge in [-0.3, -0.25) is 9.48 Å². The maximum absolute atomic E-state index is 12.8. The second-order valence-corrected chi connectivity index (χ2v) is 7.46. The van der Waals surface area contributed by atoms with Gasteiger partial charge in [-0.05, 0) is 30.5 Å². The first-order valence-corrected chi connectivity index (χ1v) is 9.47. The Kier molecular flexibility index (Phi) is 4.56. The van der Waals surface area contributed by atoms with Crippen molar-refractivity contribution in [1.82, 2.24) is 14.7 Å². The van der Waals surface area contributed by atoms with Crippen LogP contribution in [0.15, 0.2) is 66.7 Å². The van der Waals surface area contributed by atoms with Crippen molar-refractivity contribution in [2.75, 3.05) is 6.54 Å². The first-order valence-electron chi connectivity index (χ1n) is 9.47. The van der Waals surface area contributed by atoms with E-state index in [1.807, 2.05) is 35.7 Å². The van der Waals surface area contributed by atoms with Gasteiger partial charge in [0.25, 0.3) is 0 Å². The largest absolute Gasteiger partial charge is 0.336 e. The van der Waals surface area contributed by atoms with E-state index < -0.39 is 0 Å². The van der Waals surface area contributed by atoms with Crippen molar-refractivity contribution in [3.63, 3.8) is 0 Å². The van der Waals surface area contributed by atoms with Crippen LogP contribution < -0.4 is 0 Å². The molecule has 0 N–H and O–H groups in total. The van der Waals surface area contributed by atoms with Gasteiger partial charge in [-0.2, -0.15) is 5.10 Å². The van der Waals surface area contributed by atoms with Gasteiger partial charge in [-0.25, -0.2) is 0 Å². The fraction of sp³-hybridized carbons (Fsp3) is 0.304. The summed E-state index contributed by atoms with van der Waals surface area (Å²) in [6.45, 7) is 3.27. The van der Waals surface area contributed by atoms with E-state index in [0.717, 1.165) is 17.8 Å². The third kappa shape index (κ3) is 3.27. The van der Waals surface area contributed by atoms with Crippen LogP contribution in [0.2, 0.25) is 0 Å². The van der Waals surface area contributed by atoms with Crippen molar-refractivity contribution in [2.24, 2.45) is 7.05 Å². The molecule has 4 heteroatoms. The van der Waals surface area contributed by atoms with Gasteiger partial charge in [-0.15, -0.1) is 0 Å². The predicted molar refractivity (Wildman–Crippen MR) is 106 cm³/mol. The van der Waals surface area contributed by atoms with Crippen molar-refractivity contribution in [1.29, 1.82) is 0 Å². The third-order valence-electron chi connectivity index (χ3n) is 5.68. The number of benzene rings is 2. The van der Waals surface area contributed by atoms with Crippen LogP contribution in [0.5, 0.6) is 0 Å². The molecular formula is C23H25N3O. The van der Waals surface area contributed by atoms with Crippen molar-refractivity contribution >= 4 is 5.91 Å². The second-order valence-electron chi connectivity index (χ2n) is 7.46. The molecule has 0 bridgehead atoms. The lowest BCUT2D eigenvalue weighted by Crippen LogP contribution is -2.49. The molecule has 0 unspecified atom stereocenters. The van der Waals surface area contributed by atoms with Gasteiger partial charge in [0.2, 0.25) is 5.91 Å². The topological polar surface area (TPSA) is 38.1 Å². The number of carbonyl (C=O) groups excluding carboxylic acids is 1. The van der Waals surface area contributed by atoms with Gasteiger partial charge in [0.15, 0.2) is 0 Å². The molecule has 1 saturated heterocycles. The van der Waals surface area contributed by atoms with Crippen LogP contribution >= 0.6 is 0 Å². The quantitative estimate of drug-likeness (QED) is 0.710. The summed E-state index contributed by atoms with van der Waals surface area (Å²) >= 11 is 0. The number of amides is 1. The maximum atomic E-state index is 12.8. The van der Waals surface area contributed by atoms with Crippen LogP contribution in [0, 0.1) is 6.92 Å². The van der Waals surface area contributed by atoms with Crippen molar-refractivity contribution < 1.29 is 4.79 Å². The lowest BCUT2D eigenvalue weighted by atomic mass is 9.69. The fourth-order valence-corrected chi connectivity index (χ4v) is 4.28. The molecule has 3 aromatic rings. The zero-order valence-electron chi connectivity index (χ0n) is 15.9. The van der Waals surface area contributed by atoms with Gasteiger partial charge >= 0.3 is 0 Å². The summed E-state index contributed by atoms with van der Waals surface area (Å²) in [4.78, 5) is 14.8. The summed E-state index contributed by atoms with van der Waals surface area (Å²) < 4.78 is 1.88. The Morgan fingerprint density at radius 3 is 2.11 bits per heavy atom. The summed E-state index contributed by atoms with van der Waals surface area (Å²) in [5.74, 6) is 0.219. The standard InChI is InChI=1S/C23H25N3O/c1-18-15-21(25(2)24-18)16-26-17-23(14-13-22(26)27,19-9-5-3-6-10-19)20-11-7-4-8-12-20/h3-12,15H,13-14,16-17H2,1-2H3. The van der Waals surface area contributed by atoms with E-state index in [1.165, 1.54) is 11.1 Å². The average molecular weight is 359 g/mol. The minimum absolute atomic E-state index is 0.177. The molecule has 27 heavy (non-hydrogen) atoms. The first-order chi connectivity index (χ1) is 13.1. The normalized spacial score (nSPS) is 16.5. The predicted octanol–water partition coefficient (Wildman–Crippen LogP) is 3.84. The number of aryl methyl sites for hydroxylation is 2. The molecule has 4 nitrogen and oxygen atoms in total. The van der Waals surface area contributed by atoms with Crippen LogP contribution in [-0.2, 0) is 23.8 Å². The molecule has 2 heterocycles. The molecular weight excluding hydrogens is 334 g/mol. The molecule has 1 aliphatic rings. The smallest absolute Gasteiger partial charge is 0.223 e. The Bertz CT molecular complexity index is 891. The monoisotopic (exact) mass is 359 g/mol. The minimum atomic E-state index is -0.177. The molecule has 0 aliphatic carbocycles. The SMILES string of the molecule is Cc1cc(CN2CC(c3ccccc3)(c3ccccc3)CCC2=O)n(C)n1. The Hall–Kier alpha value is -2.88. The first kappa shape index (κ1) is 17.5. The molecule has 4 rings (SSSR count). The highest BCUT2D eigenvalue weighted by molar-refractivity contribution is 5.78. The van der Waals surface area contributed by atoms with Gasteiger partial charge in [0, 0.05) is 25.4 Å². The van der Waals surface area contributed by atoms with Gasteiger partial charge in [0.05, 0.1) is 17.9 Å². The number of hydrogen-bond acceptors (Lipinski definition) is 2. The average Bonchev–Trinajstić information content (AvgIpc) is 3.02. The van der Waals surface area contributed by atoms with Crippen LogP contribution in [0.4, 0.5) is 0 Å². The van der Waals surface area contributed by atoms with E-state index in [1.54, 1.807) is 0 Å². The van der Waals surface area contributed by atoms with Crippen LogP contribution in [0.1, 0.15) is 35.4 Å². The molecule has 1 amide bonds. The fourth-order valence-electron chi connectivity index (χ4n) is 4.28. The lowest BCUT2D eigenvalue weighted by Gasteiger charge is -2.43. The maximum Gasteiger partial charge on any atom is 0.223 e. The highest BCUT2D eigenvalue weighted by atomic mass is 16.2. The van der Waals surface area contributed by atoms with Crippen molar-refractivity contribution in [3.05, 3.63) is 89.2 Å². The van der Waals surface area contributed by atoms with Crippen LogP contribution in [0.3, 0.4) is 0 Å². The molecule has 138 valence electrons. The minimum Gasteiger partial charge on any atom is -0.336 e. The highest BCUT2D eigenvalue weighted by Gasteiger charge is 2.41. The Balaban J connectivity index is 1.74. The summed E-state index contributed by atoms with van der Waals surface area (Å²) in [6.07, 6.45) is 1.39. The molecule has 0 atom stereocenters.